The van der Waals surface area contributed by atoms with E-state index in [2.05, 4.69) is 0 Å². The molecule has 0 bridgehead atoms. The summed E-state index contributed by atoms with van der Waals surface area (Å²) in [5.74, 6) is -0.854. The van der Waals surface area contributed by atoms with E-state index in [4.69, 9.17) is 9.47 Å². The molecule has 4 nitrogen and oxygen atoms in total. The van der Waals surface area contributed by atoms with E-state index in [1.54, 1.807) is 37.3 Å². The monoisotopic (exact) mass is 256 g/mol. The molecule has 0 aliphatic carbocycles. The van der Waals surface area contributed by atoms with Crippen molar-refractivity contribution in [3.8, 4) is 11.5 Å². The fourth-order valence-electron chi connectivity index (χ4n) is 2.16. The number of phenols is 1. The molecule has 4 heteroatoms. The fraction of sp³-hybridized carbons (Fsp3) is 0.133. The van der Waals surface area contributed by atoms with Crippen molar-refractivity contribution in [1.29, 1.82) is 0 Å². The van der Waals surface area contributed by atoms with Crippen LogP contribution in [0.3, 0.4) is 0 Å². The number of aromatic hydroxyl groups is 1. The second-order valence-electron chi connectivity index (χ2n) is 4.48. The van der Waals surface area contributed by atoms with Crippen LogP contribution in [0.15, 0.2) is 48.5 Å². The van der Waals surface area contributed by atoms with E-state index in [-0.39, 0.29) is 5.75 Å². The number of phenolic OH excluding ortho intramolecular Hbond substituents is 1. The number of cyclic esters (lactones) is 1. The van der Waals surface area contributed by atoms with Gasteiger partial charge in [0.2, 0.25) is 0 Å². The van der Waals surface area contributed by atoms with Crippen molar-refractivity contribution in [3.05, 3.63) is 59.7 Å². The Hall–Kier alpha value is -2.49. The van der Waals surface area contributed by atoms with Crippen LogP contribution in [0.4, 0.5) is 0 Å². The third-order valence-electron chi connectivity index (χ3n) is 3.07. The molecule has 96 valence electrons. The lowest BCUT2D eigenvalue weighted by atomic mass is 10.0. The van der Waals surface area contributed by atoms with Crippen LogP contribution < -0.4 is 4.74 Å². The van der Waals surface area contributed by atoms with Gasteiger partial charge in [0.25, 0.3) is 5.79 Å². The molecule has 0 spiro atoms. The summed E-state index contributed by atoms with van der Waals surface area (Å²) >= 11 is 0. The minimum Gasteiger partial charge on any atom is -0.508 e. The number of esters is 1. The maximum Gasteiger partial charge on any atom is 0.342 e. The normalized spacial score (nSPS) is 20.8. The lowest BCUT2D eigenvalue weighted by Crippen LogP contribution is -2.29. The third-order valence-corrected chi connectivity index (χ3v) is 3.07. The zero-order valence-corrected chi connectivity index (χ0v) is 10.3. The summed E-state index contributed by atoms with van der Waals surface area (Å²) in [7, 11) is 0. The highest BCUT2D eigenvalue weighted by Crippen LogP contribution is 2.38. The fourth-order valence-corrected chi connectivity index (χ4v) is 2.16. The molecule has 3 rings (SSSR count). The van der Waals surface area contributed by atoms with E-state index < -0.39 is 11.8 Å². The molecule has 0 saturated heterocycles. The van der Waals surface area contributed by atoms with E-state index in [0.717, 1.165) is 0 Å². The van der Waals surface area contributed by atoms with Crippen molar-refractivity contribution < 1.29 is 19.4 Å². The minimum atomic E-state index is -1.13. The van der Waals surface area contributed by atoms with Gasteiger partial charge in [0.05, 0.1) is 11.1 Å². The Morgan fingerprint density at radius 3 is 2.53 bits per heavy atom. The van der Waals surface area contributed by atoms with Crippen LogP contribution in [-0.4, -0.2) is 11.1 Å². The zero-order valence-electron chi connectivity index (χ0n) is 10.3. The largest absolute Gasteiger partial charge is 0.508 e. The lowest BCUT2D eigenvalue weighted by Gasteiger charge is -2.25. The smallest absolute Gasteiger partial charge is 0.342 e. The molecular weight excluding hydrogens is 244 g/mol. The van der Waals surface area contributed by atoms with Crippen LogP contribution in [0.25, 0.3) is 0 Å². The van der Waals surface area contributed by atoms with Crippen molar-refractivity contribution in [2.45, 2.75) is 12.7 Å². The molecule has 0 radical (unpaired) electrons. The van der Waals surface area contributed by atoms with Crippen LogP contribution in [0.5, 0.6) is 11.5 Å². The topological polar surface area (TPSA) is 55.8 Å². The summed E-state index contributed by atoms with van der Waals surface area (Å²) in [5, 5.41) is 9.24. The van der Waals surface area contributed by atoms with Gasteiger partial charge in [-0.25, -0.2) is 4.79 Å². The molecule has 1 heterocycles. The average Bonchev–Trinajstić information content (AvgIpc) is 2.65. The first-order valence-corrected chi connectivity index (χ1v) is 5.89. The van der Waals surface area contributed by atoms with Gasteiger partial charge in [-0.15, -0.1) is 0 Å². The number of ether oxygens (including phenoxy) is 2. The van der Waals surface area contributed by atoms with Crippen LogP contribution >= 0.6 is 0 Å². The molecule has 1 atom stereocenters. The minimum absolute atomic E-state index is 0.154. The number of benzene rings is 2. The van der Waals surface area contributed by atoms with Crippen LogP contribution in [0, 0.1) is 0 Å². The average molecular weight is 256 g/mol. The Balaban J connectivity index is 1.97. The molecule has 19 heavy (non-hydrogen) atoms. The van der Waals surface area contributed by atoms with Gasteiger partial charge in [0.15, 0.2) is 0 Å². The Morgan fingerprint density at radius 2 is 1.79 bits per heavy atom. The SMILES string of the molecule is CC1(Oc2ccc(O)cc2)OC(=O)c2ccccc21. The highest BCUT2D eigenvalue weighted by atomic mass is 16.7. The summed E-state index contributed by atoms with van der Waals surface area (Å²) in [6.45, 7) is 1.70. The molecular formula is C15H12O4. The van der Waals surface area contributed by atoms with Gasteiger partial charge in [-0.05, 0) is 30.3 Å². The number of hydrogen-bond donors (Lipinski definition) is 1. The summed E-state index contributed by atoms with van der Waals surface area (Å²) in [5.41, 5.74) is 1.22. The molecule has 1 unspecified atom stereocenters. The maximum atomic E-state index is 11.8. The standard InChI is InChI=1S/C15H12O4/c1-15(18-11-8-6-10(16)7-9-11)13-5-3-2-4-12(13)14(17)19-15/h2-9,16H,1H3. The molecule has 0 fully saturated rings. The zero-order chi connectivity index (χ0) is 13.5. The molecule has 0 aromatic heterocycles. The van der Waals surface area contributed by atoms with Crippen LogP contribution in [0.2, 0.25) is 0 Å². The Morgan fingerprint density at radius 1 is 1.11 bits per heavy atom. The first-order valence-electron chi connectivity index (χ1n) is 5.89. The summed E-state index contributed by atoms with van der Waals surface area (Å²) in [6, 6.07) is 13.4. The van der Waals surface area contributed by atoms with E-state index in [9.17, 15) is 9.90 Å². The van der Waals surface area contributed by atoms with E-state index >= 15 is 0 Å². The van der Waals surface area contributed by atoms with Gasteiger partial charge in [-0.3, -0.25) is 0 Å². The molecule has 0 saturated carbocycles. The maximum absolute atomic E-state index is 11.8. The Labute approximate surface area is 110 Å². The first-order chi connectivity index (χ1) is 9.08. The van der Waals surface area contributed by atoms with E-state index in [1.807, 2.05) is 6.07 Å². The highest BCUT2D eigenvalue weighted by molar-refractivity contribution is 5.94. The number of rotatable bonds is 2. The molecule has 2 aromatic rings. The van der Waals surface area contributed by atoms with Gasteiger partial charge in [-0.2, -0.15) is 0 Å². The Kier molecular flexibility index (Phi) is 2.45. The molecule has 1 aliphatic heterocycles. The summed E-state index contributed by atoms with van der Waals surface area (Å²) in [6.07, 6.45) is 0. The third kappa shape index (κ3) is 1.91. The first kappa shape index (κ1) is 11.6. The van der Waals surface area contributed by atoms with Gasteiger partial charge < -0.3 is 14.6 Å². The van der Waals surface area contributed by atoms with Gasteiger partial charge in [0.1, 0.15) is 11.5 Å². The van der Waals surface area contributed by atoms with Crippen molar-refractivity contribution in [1.82, 2.24) is 0 Å². The molecule has 2 aromatic carbocycles. The molecule has 1 N–H and O–H groups in total. The van der Waals surface area contributed by atoms with E-state index in [1.165, 1.54) is 12.1 Å². The van der Waals surface area contributed by atoms with Crippen molar-refractivity contribution in [2.75, 3.05) is 0 Å². The Bertz CT molecular complexity index is 633. The van der Waals surface area contributed by atoms with Gasteiger partial charge in [0, 0.05) is 6.92 Å². The predicted molar refractivity (Wildman–Crippen MR) is 67.9 cm³/mol. The van der Waals surface area contributed by atoms with Crippen molar-refractivity contribution >= 4 is 5.97 Å². The van der Waals surface area contributed by atoms with E-state index in [0.29, 0.717) is 16.9 Å². The summed E-state index contributed by atoms with van der Waals surface area (Å²) in [4.78, 5) is 11.8. The second-order valence-corrected chi connectivity index (χ2v) is 4.48. The van der Waals surface area contributed by atoms with Gasteiger partial charge >= 0.3 is 5.97 Å². The number of carbonyl (C=O) groups is 1. The van der Waals surface area contributed by atoms with Gasteiger partial charge in [-0.1, -0.05) is 18.2 Å². The quantitative estimate of drug-likeness (QED) is 0.839. The molecule has 0 amide bonds. The number of hydrogen-bond acceptors (Lipinski definition) is 4. The van der Waals surface area contributed by atoms with Crippen LogP contribution in [0.1, 0.15) is 22.8 Å². The number of carbonyl (C=O) groups excluding carboxylic acids is 1. The molecule has 1 aliphatic rings. The van der Waals surface area contributed by atoms with Crippen molar-refractivity contribution in [2.24, 2.45) is 0 Å². The predicted octanol–water partition coefficient (Wildman–Crippen LogP) is 2.81. The summed E-state index contributed by atoms with van der Waals surface area (Å²) < 4.78 is 11.1. The van der Waals surface area contributed by atoms with Crippen LogP contribution in [-0.2, 0) is 10.5 Å². The van der Waals surface area contributed by atoms with Crippen molar-refractivity contribution in [3.63, 3.8) is 0 Å². The highest BCUT2D eigenvalue weighted by Gasteiger charge is 2.43. The lowest BCUT2D eigenvalue weighted by molar-refractivity contribution is -0.126. The second kappa shape index (κ2) is 4.02. The number of fused-ring (bicyclic) bond motifs is 1.